The molecule has 0 aliphatic heterocycles. The largest absolute Gasteiger partial charge is 0.376 e. The van der Waals surface area contributed by atoms with Crippen molar-refractivity contribution in [2.45, 2.75) is 6.92 Å². The Morgan fingerprint density at radius 2 is 2.08 bits per heavy atom. The molecule has 0 amide bonds. The van der Waals surface area contributed by atoms with Gasteiger partial charge in [0.2, 0.25) is 0 Å². The summed E-state index contributed by atoms with van der Waals surface area (Å²) in [5.74, 6) is 0. The first-order valence-corrected chi connectivity index (χ1v) is 4.33. The van der Waals surface area contributed by atoms with Gasteiger partial charge < -0.3 is 11.1 Å². The Balaban J connectivity index is 3.04. The average Bonchev–Trinajstić information content (AvgIpc) is 2.03. The highest BCUT2D eigenvalue weighted by Crippen LogP contribution is 2.21. The van der Waals surface area contributed by atoms with Crippen molar-refractivity contribution in [3.63, 3.8) is 0 Å². The number of hydrogen-bond donors (Lipinski definition) is 2. The molecule has 0 aliphatic rings. The Bertz CT molecular complexity index is 345. The summed E-state index contributed by atoms with van der Waals surface area (Å²) >= 11 is 4.76. The van der Waals surface area contributed by atoms with Crippen LogP contribution < -0.4 is 11.1 Å². The molecule has 0 atom stereocenters. The third-order valence-electron chi connectivity index (χ3n) is 1.64. The molecule has 1 aromatic rings. The molecule has 0 radical (unpaired) electrons. The van der Waals surface area contributed by atoms with E-state index in [0.717, 1.165) is 16.8 Å². The molecule has 3 heteroatoms. The maximum Gasteiger partial charge on any atom is 0.168 e. The van der Waals surface area contributed by atoms with Crippen molar-refractivity contribution >= 4 is 28.6 Å². The summed E-state index contributed by atoms with van der Waals surface area (Å²) < 4.78 is 0. The minimum atomic E-state index is 0.272. The second kappa shape index (κ2) is 4.05. The van der Waals surface area contributed by atoms with Crippen molar-refractivity contribution in [1.29, 1.82) is 0 Å². The third-order valence-corrected chi connectivity index (χ3v) is 1.75. The second-order valence-corrected chi connectivity index (χ2v) is 3.25. The Hall–Kier alpha value is -1.35. The van der Waals surface area contributed by atoms with Crippen molar-refractivity contribution < 1.29 is 0 Å². The lowest BCUT2D eigenvalue weighted by molar-refractivity contribution is 1.54. The predicted octanol–water partition coefficient (Wildman–Crippen LogP) is 2.38. The van der Waals surface area contributed by atoms with Crippen LogP contribution in [0.4, 0.5) is 5.69 Å². The predicted molar refractivity (Wildman–Crippen MR) is 61.6 cm³/mol. The number of benzene rings is 1. The van der Waals surface area contributed by atoms with Crippen LogP contribution in [0.3, 0.4) is 0 Å². The zero-order chi connectivity index (χ0) is 9.84. The van der Waals surface area contributed by atoms with Crippen LogP contribution in [-0.2, 0) is 0 Å². The molecule has 0 spiro atoms. The highest BCUT2D eigenvalue weighted by Gasteiger charge is 2.01. The van der Waals surface area contributed by atoms with Gasteiger partial charge >= 0.3 is 0 Å². The van der Waals surface area contributed by atoms with Crippen LogP contribution in [0.2, 0.25) is 0 Å². The molecule has 0 bridgehead atoms. The average molecular weight is 192 g/mol. The number of para-hydroxylation sites is 1. The first-order chi connectivity index (χ1) is 6.11. The van der Waals surface area contributed by atoms with Gasteiger partial charge in [0.1, 0.15) is 0 Å². The lowest BCUT2D eigenvalue weighted by Crippen LogP contribution is -2.19. The molecular formula is C10H12N2S. The summed E-state index contributed by atoms with van der Waals surface area (Å²) in [5.41, 5.74) is 8.31. The van der Waals surface area contributed by atoms with E-state index in [4.69, 9.17) is 18.0 Å². The molecule has 1 rings (SSSR count). The first-order valence-electron chi connectivity index (χ1n) is 3.92. The van der Waals surface area contributed by atoms with Crippen molar-refractivity contribution in [2.24, 2.45) is 5.73 Å². The van der Waals surface area contributed by atoms with E-state index in [-0.39, 0.29) is 5.11 Å². The molecular weight excluding hydrogens is 180 g/mol. The number of allylic oxidation sites excluding steroid dienone is 1. The minimum Gasteiger partial charge on any atom is -0.376 e. The zero-order valence-corrected chi connectivity index (χ0v) is 8.32. The molecule has 0 fully saturated rings. The van der Waals surface area contributed by atoms with Gasteiger partial charge in [-0.05, 0) is 30.8 Å². The third kappa shape index (κ3) is 2.56. The molecule has 3 N–H and O–H groups in total. The fourth-order valence-corrected chi connectivity index (χ4v) is 1.21. The monoisotopic (exact) mass is 192 g/mol. The van der Waals surface area contributed by atoms with E-state index in [2.05, 4.69) is 11.9 Å². The van der Waals surface area contributed by atoms with Crippen molar-refractivity contribution in [3.8, 4) is 0 Å². The molecule has 0 aliphatic carbocycles. The summed E-state index contributed by atoms with van der Waals surface area (Å²) in [5, 5.41) is 3.18. The Morgan fingerprint density at radius 1 is 1.46 bits per heavy atom. The van der Waals surface area contributed by atoms with Gasteiger partial charge in [0, 0.05) is 11.3 Å². The van der Waals surface area contributed by atoms with E-state index in [1.807, 2.05) is 31.2 Å². The van der Waals surface area contributed by atoms with Gasteiger partial charge in [-0.3, -0.25) is 0 Å². The summed E-state index contributed by atoms with van der Waals surface area (Å²) in [4.78, 5) is 0. The number of rotatable bonds is 2. The molecule has 0 unspecified atom stereocenters. The topological polar surface area (TPSA) is 38.0 Å². The van der Waals surface area contributed by atoms with Gasteiger partial charge in [-0.25, -0.2) is 0 Å². The maximum absolute atomic E-state index is 5.38. The standard InChI is InChI=1S/C10H12N2S/c1-7(2)8-5-3-4-6-9(8)12-10(11)13/h3-6H,1H2,2H3,(H3,11,12,13). The van der Waals surface area contributed by atoms with Crippen molar-refractivity contribution in [1.82, 2.24) is 0 Å². The van der Waals surface area contributed by atoms with Crippen molar-refractivity contribution in [3.05, 3.63) is 36.4 Å². The Kier molecular flexibility index (Phi) is 3.03. The number of nitrogens with one attached hydrogen (secondary N) is 1. The van der Waals surface area contributed by atoms with E-state index in [1.54, 1.807) is 0 Å². The molecule has 1 aromatic carbocycles. The van der Waals surface area contributed by atoms with E-state index >= 15 is 0 Å². The SMILES string of the molecule is C=C(C)c1ccccc1NC(N)=S. The molecule has 68 valence electrons. The Labute approximate surface area is 83.5 Å². The second-order valence-electron chi connectivity index (χ2n) is 2.82. The van der Waals surface area contributed by atoms with Gasteiger partial charge in [-0.2, -0.15) is 0 Å². The van der Waals surface area contributed by atoms with E-state index in [0.29, 0.717) is 0 Å². The summed E-state index contributed by atoms with van der Waals surface area (Å²) in [7, 11) is 0. The number of hydrogen-bond acceptors (Lipinski definition) is 1. The fourth-order valence-electron chi connectivity index (χ4n) is 1.10. The van der Waals surface area contributed by atoms with Gasteiger partial charge in [-0.15, -0.1) is 0 Å². The molecule has 13 heavy (non-hydrogen) atoms. The molecule has 0 saturated carbocycles. The summed E-state index contributed by atoms with van der Waals surface area (Å²) in [6.45, 7) is 5.81. The van der Waals surface area contributed by atoms with Gasteiger partial charge in [0.25, 0.3) is 0 Å². The zero-order valence-electron chi connectivity index (χ0n) is 7.50. The highest BCUT2D eigenvalue weighted by molar-refractivity contribution is 7.80. The number of nitrogens with two attached hydrogens (primary N) is 1. The lowest BCUT2D eigenvalue weighted by Gasteiger charge is -2.09. The van der Waals surface area contributed by atoms with Gasteiger partial charge in [-0.1, -0.05) is 24.8 Å². The van der Waals surface area contributed by atoms with Crippen LogP contribution in [0.5, 0.6) is 0 Å². The fraction of sp³-hybridized carbons (Fsp3) is 0.100. The van der Waals surface area contributed by atoms with E-state index < -0.39 is 0 Å². The molecule has 0 heterocycles. The van der Waals surface area contributed by atoms with Crippen LogP contribution in [0.25, 0.3) is 5.57 Å². The maximum atomic E-state index is 5.38. The lowest BCUT2D eigenvalue weighted by atomic mass is 10.1. The van der Waals surface area contributed by atoms with Gasteiger partial charge in [0.15, 0.2) is 5.11 Å². The van der Waals surface area contributed by atoms with Crippen LogP contribution in [0, 0.1) is 0 Å². The molecule has 0 aromatic heterocycles. The first kappa shape index (κ1) is 9.74. The number of thiocarbonyl (C=S) groups is 1. The van der Waals surface area contributed by atoms with Gasteiger partial charge in [0.05, 0.1) is 0 Å². The highest BCUT2D eigenvalue weighted by atomic mass is 32.1. The Morgan fingerprint density at radius 3 is 2.62 bits per heavy atom. The van der Waals surface area contributed by atoms with E-state index in [9.17, 15) is 0 Å². The minimum absolute atomic E-state index is 0.272. The normalized spacial score (nSPS) is 9.31. The van der Waals surface area contributed by atoms with E-state index in [1.165, 1.54) is 0 Å². The van der Waals surface area contributed by atoms with Crippen LogP contribution in [0.1, 0.15) is 12.5 Å². The summed E-state index contributed by atoms with van der Waals surface area (Å²) in [6.07, 6.45) is 0. The van der Waals surface area contributed by atoms with Crippen molar-refractivity contribution in [2.75, 3.05) is 5.32 Å². The molecule has 2 nitrogen and oxygen atoms in total. The van der Waals surface area contributed by atoms with Crippen LogP contribution >= 0.6 is 12.2 Å². The van der Waals surface area contributed by atoms with Crippen LogP contribution in [-0.4, -0.2) is 5.11 Å². The summed E-state index contributed by atoms with van der Waals surface area (Å²) in [6, 6.07) is 7.77. The number of anilines is 1. The molecule has 0 saturated heterocycles. The van der Waals surface area contributed by atoms with Crippen LogP contribution in [0.15, 0.2) is 30.8 Å². The smallest absolute Gasteiger partial charge is 0.168 e. The quantitative estimate of drug-likeness (QED) is 0.706.